The van der Waals surface area contributed by atoms with Crippen LogP contribution in [0.3, 0.4) is 0 Å². The van der Waals surface area contributed by atoms with Crippen LogP contribution in [0.1, 0.15) is 43.0 Å². The van der Waals surface area contributed by atoms with Crippen LogP contribution in [0.5, 0.6) is 5.88 Å². The van der Waals surface area contributed by atoms with Crippen LogP contribution in [0.15, 0.2) is 30.6 Å². The summed E-state index contributed by atoms with van der Waals surface area (Å²) in [6, 6.07) is 3.61. The molecule has 27 heavy (non-hydrogen) atoms. The van der Waals surface area contributed by atoms with Crippen molar-refractivity contribution in [3.8, 4) is 5.88 Å². The van der Waals surface area contributed by atoms with Gasteiger partial charge in [-0.2, -0.15) is 0 Å². The van der Waals surface area contributed by atoms with E-state index in [1.54, 1.807) is 18.5 Å². The van der Waals surface area contributed by atoms with Gasteiger partial charge in [0.2, 0.25) is 5.88 Å². The molecule has 0 bridgehead atoms. The first-order valence-corrected chi connectivity index (χ1v) is 9.34. The van der Waals surface area contributed by atoms with Gasteiger partial charge < -0.3 is 9.64 Å². The molecule has 0 saturated heterocycles. The zero-order chi connectivity index (χ0) is 19.6. The van der Waals surface area contributed by atoms with Gasteiger partial charge in [-0.15, -0.1) is 0 Å². The summed E-state index contributed by atoms with van der Waals surface area (Å²) in [6.45, 7) is 3.99. The van der Waals surface area contributed by atoms with Crippen molar-refractivity contribution in [1.29, 1.82) is 0 Å². The van der Waals surface area contributed by atoms with Gasteiger partial charge in [0.25, 0.3) is 6.43 Å². The Morgan fingerprint density at radius 1 is 1.33 bits per heavy atom. The third-order valence-corrected chi connectivity index (χ3v) is 5.04. The average molecular weight is 414 g/mol. The van der Waals surface area contributed by atoms with Crippen molar-refractivity contribution in [2.24, 2.45) is 0 Å². The number of ether oxygens (including phenoxy) is 1. The minimum absolute atomic E-state index is 0.00851. The van der Waals surface area contributed by atoms with Crippen molar-refractivity contribution in [2.45, 2.75) is 39.3 Å². The molecule has 1 aliphatic heterocycles. The maximum atomic E-state index is 12.3. The van der Waals surface area contributed by atoms with Gasteiger partial charge in [0, 0.05) is 35.8 Å². The maximum absolute atomic E-state index is 12.3. The molecule has 1 aliphatic rings. The van der Waals surface area contributed by atoms with E-state index in [0.717, 1.165) is 28.8 Å². The first-order chi connectivity index (χ1) is 12.9. The standard InChI is InChI=1S/C19H19Cl2F2N3O/c1-3-4-16-13-5-6-24-18(21)14(13)9-26(16)11(2)12-7-15(20)19(25-8-12)27-10-17(22)23/h4-8,11,17H,3,9-10H2,1-2H3/b16-4-. The molecule has 0 amide bonds. The Morgan fingerprint density at radius 2 is 2.11 bits per heavy atom. The van der Waals surface area contributed by atoms with E-state index < -0.39 is 13.0 Å². The van der Waals surface area contributed by atoms with Crippen molar-refractivity contribution >= 4 is 28.9 Å². The highest BCUT2D eigenvalue weighted by Gasteiger charge is 2.30. The van der Waals surface area contributed by atoms with Crippen LogP contribution in [0, 0.1) is 0 Å². The number of nitrogens with zero attached hydrogens (tertiary/aromatic N) is 3. The number of alkyl halides is 2. The average Bonchev–Trinajstić information content (AvgIpc) is 3.00. The van der Waals surface area contributed by atoms with E-state index in [9.17, 15) is 8.78 Å². The zero-order valence-corrected chi connectivity index (χ0v) is 16.4. The lowest BCUT2D eigenvalue weighted by Crippen LogP contribution is -2.20. The third kappa shape index (κ3) is 4.17. The van der Waals surface area contributed by atoms with Crippen LogP contribution in [0.2, 0.25) is 10.2 Å². The molecular formula is C19H19Cl2F2N3O. The zero-order valence-electron chi connectivity index (χ0n) is 14.9. The van der Waals surface area contributed by atoms with Crippen LogP contribution >= 0.6 is 23.2 Å². The Morgan fingerprint density at radius 3 is 2.78 bits per heavy atom. The molecule has 0 radical (unpaired) electrons. The Labute approximate surface area is 166 Å². The van der Waals surface area contributed by atoms with Gasteiger partial charge in [-0.3, -0.25) is 0 Å². The summed E-state index contributed by atoms with van der Waals surface area (Å²) in [5.74, 6) is 0.00851. The fourth-order valence-electron chi connectivity index (χ4n) is 3.13. The number of halogens is 4. The highest BCUT2D eigenvalue weighted by atomic mass is 35.5. The Hall–Kier alpha value is -1.92. The summed E-state index contributed by atoms with van der Waals surface area (Å²) in [7, 11) is 0. The van der Waals surface area contributed by atoms with E-state index in [2.05, 4.69) is 27.9 Å². The number of allylic oxidation sites excluding steroid dienone is 1. The number of fused-ring (bicyclic) bond motifs is 1. The summed E-state index contributed by atoms with van der Waals surface area (Å²) in [5.41, 5.74) is 3.99. The number of pyridine rings is 2. The fourth-order valence-corrected chi connectivity index (χ4v) is 3.58. The van der Waals surface area contributed by atoms with Crippen LogP contribution in [-0.2, 0) is 6.54 Å². The molecular weight excluding hydrogens is 395 g/mol. The van der Waals surface area contributed by atoms with Gasteiger partial charge in [-0.05, 0) is 31.0 Å². The van der Waals surface area contributed by atoms with Crippen LogP contribution < -0.4 is 4.74 Å². The molecule has 8 heteroatoms. The predicted octanol–water partition coefficient (Wildman–Crippen LogP) is 5.76. The second kappa shape index (κ2) is 8.40. The predicted molar refractivity (Wildman–Crippen MR) is 102 cm³/mol. The molecule has 0 N–H and O–H groups in total. The molecule has 4 nitrogen and oxygen atoms in total. The third-order valence-electron chi connectivity index (χ3n) is 4.44. The lowest BCUT2D eigenvalue weighted by Gasteiger charge is -2.28. The van der Waals surface area contributed by atoms with Crippen LogP contribution in [0.4, 0.5) is 8.78 Å². The van der Waals surface area contributed by atoms with Gasteiger partial charge in [-0.25, -0.2) is 18.7 Å². The SMILES string of the molecule is CC/C=C1/c2ccnc(Cl)c2CN1C(C)c1cnc(OCC(F)F)c(Cl)c1. The fraction of sp³-hybridized carbons (Fsp3) is 0.368. The molecule has 144 valence electrons. The molecule has 1 atom stereocenters. The Kier molecular flexibility index (Phi) is 6.17. The smallest absolute Gasteiger partial charge is 0.272 e. The molecule has 0 aliphatic carbocycles. The molecule has 0 aromatic carbocycles. The van der Waals surface area contributed by atoms with E-state index in [0.29, 0.717) is 11.7 Å². The highest BCUT2D eigenvalue weighted by molar-refractivity contribution is 6.32. The summed E-state index contributed by atoms with van der Waals surface area (Å²) < 4.78 is 29.6. The topological polar surface area (TPSA) is 38.2 Å². The maximum Gasteiger partial charge on any atom is 0.272 e. The lowest BCUT2D eigenvalue weighted by atomic mass is 10.1. The number of hydrogen-bond acceptors (Lipinski definition) is 4. The summed E-state index contributed by atoms with van der Waals surface area (Å²) in [5, 5.41) is 0.702. The van der Waals surface area contributed by atoms with Crippen LogP contribution in [0.25, 0.3) is 5.70 Å². The molecule has 0 spiro atoms. The number of rotatable bonds is 6. The minimum Gasteiger partial charge on any atom is -0.471 e. The molecule has 3 rings (SSSR count). The van der Waals surface area contributed by atoms with E-state index in [1.807, 2.05) is 13.0 Å². The van der Waals surface area contributed by atoms with E-state index >= 15 is 0 Å². The largest absolute Gasteiger partial charge is 0.471 e. The molecule has 0 fully saturated rings. The summed E-state index contributed by atoms with van der Waals surface area (Å²) in [6.07, 6.45) is 3.74. The summed E-state index contributed by atoms with van der Waals surface area (Å²) in [4.78, 5) is 10.5. The molecule has 3 heterocycles. The van der Waals surface area contributed by atoms with Crippen molar-refractivity contribution in [1.82, 2.24) is 14.9 Å². The van der Waals surface area contributed by atoms with Crippen molar-refractivity contribution < 1.29 is 13.5 Å². The van der Waals surface area contributed by atoms with Gasteiger partial charge in [0.05, 0.1) is 6.04 Å². The van der Waals surface area contributed by atoms with Crippen molar-refractivity contribution in [2.75, 3.05) is 6.61 Å². The second-order valence-electron chi connectivity index (χ2n) is 6.19. The van der Waals surface area contributed by atoms with Gasteiger partial charge >= 0.3 is 0 Å². The monoisotopic (exact) mass is 413 g/mol. The normalized spacial score (nSPS) is 16.1. The van der Waals surface area contributed by atoms with Gasteiger partial charge in [0.1, 0.15) is 10.2 Å². The molecule has 2 aromatic rings. The molecule has 2 aromatic heterocycles. The van der Waals surface area contributed by atoms with Gasteiger partial charge in [-0.1, -0.05) is 36.2 Å². The first-order valence-electron chi connectivity index (χ1n) is 8.59. The highest BCUT2D eigenvalue weighted by Crippen LogP contribution is 2.41. The van der Waals surface area contributed by atoms with Crippen molar-refractivity contribution in [3.63, 3.8) is 0 Å². The first kappa shape index (κ1) is 19.8. The molecule has 1 unspecified atom stereocenters. The summed E-state index contributed by atoms with van der Waals surface area (Å²) >= 11 is 12.5. The van der Waals surface area contributed by atoms with E-state index in [-0.39, 0.29) is 16.9 Å². The quantitative estimate of drug-likeness (QED) is 0.564. The van der Waals surface area contributed by atoms with Gasteiger partial charge in [0.15, 0.2) is 6.61 Å². The Balaban J connectivity index is 1.87. The van der Waals surface area contributed by atoms with Crippen LogP contribution in [-0.4, -0.2) is 27.9 Å². The Bertz CT molecular complexity index is 861. The van der Waals surface area contributed by atoms with E-state index in [4.69, 9.17) is 27.9 Å². The van der Waals surface area contributed by atoms with E-state index in [1.165, 1.54) is 0 Å². The van der Waals surface area contributed by atoms with Crippen molar-refractivity contribution in [3.05, 3.63) is 57.5 Å². The molecule has 0 saturated carbocycles. The second-order valence-corrected chi connectivity index (χ2v) is 6.95. The number of hydrogen-bond donors (Lipinski definition) is 0. The number of aromatic nitrogens is 2. The minimum atomic E-state index is -2.58. The lowest BCUT2D eigenvalue weighted by molar-refractivity contribution is 0.0796.